The third-order valence-electron chi connectivity index (χ3n) is 6.52. The van der Waals surface area contributed by atoms with E-state index in [4.69, 9.17) is 0 Å². The van der Waals surface area contributed by atoms with Crippen LogP contribution >= 0.6 is 0 Å². The van der Waals surface area contributed by atoms with E-state index < -0.39 is 5.41 Å². The van der Waals surface area contributed by atoms with Crippen LogP contribution in [-0.4, -0.2) is 36.9 Å². The van der Waals surface area contributed by atoms with Gasteiger partial charge in [-0.05, 0) is 41.5 Å². The van der Waals surface area contributed by atoms with Crippen molar-refractivity contribution in [3.63, 3.8) is 0 Å². The molecular weight excluding hydrogens is 396 g/mol. The van der Waals surface area contributed by atoms with Crippen LogP contribution in [-0.2, 0) is 22.4 Å². The quantitative estimate of drug-likeness (QED) is 0.605. The van der Waals surface area contributed by atoms with Crippen molar-refractivity contribution < 1.29 is 9.59 Å². The highest BCUT2D eigenvalue weighted by atomic mass is 16.2. The first kappa shape index (κ1) is 21.8. The average molecular weight is 427 g/mol. The minimum atomic E-state index is -0.609. The van der Waals surface area contributed by atoms with Gasteiger partial charge in [-0.15, -0.1) is 0 Å². The van der Waals surface area contributed by atoms with Crippen molar-refractivity contribution in [2.24, 2.45) is 5.41 Å². The maximum absolute atomic E-state index is 13.1. The zero-order valence-electron chi connectivity index (χ0n) is 18.6. The van der Waals surface area contributed by atoms with Gasteiger partial charge in [-0.2, -0.15) is 0 Å². The van der Waals surface area contributed by atoms with Crippen molar-refractivity contribution in [3.05, 3.63) is 96.1 Å². The molecule has 0 aliphatic carbocycles. The van der Waals surface area contributed by atoms with E-state index in [-0.39, 0.29) is 11.8 Å². The Hall–Kier alpha value is -3.40. The number of hydrogen-bond acceptors (Lipinski definition) is 2. The van der Waals surface area contributed by atoms with Gasteiger partial charge in [0.05, 0.1) is 5.41 Å². The fourth-order valence-corrected chi connectivity index (χ4v) is 4.75. The van der Waals surface area contributed by atoms with E-state index in [1.165, 1.54) is 0 Å². The second-order valence-corrected chi connectivity index (χ2v) is 8.61. The Balaban J connectivity index is 1.52. The number of likely N-dealkylation sites (tertiary alicyclic amines) is 1. The van der Waals surface area contributed by atoms with E-state index in [2.05, 4.69) is 29.6 Å². The fraction of sp³-hybridized carbons (Fsp3) is 0.286. The minimum Gasteiger partial charge on any atom is -0.359 e. The van der Waals surface area contributed by atoms with Crippen LogP contribution in [0.5, 0.6) is 0 Å². The number of nitrogens with one attached hydrogen (secondary N) is 1. The molecule has 0 bridgehead atoms. The molecule has 0 radical (unpaired) electrons. The maximum atomic E-state index is 13.1. The Labute approximate surface area is 190 Å². The van der Waals surface area contributed by atoms with Gasteiger partial charge in [0.15, 0.2) is 0 Å². The molecule has 4 nitrogen and oxygen atoms in total. The molecule has 1 heterocycles. The van der Waals surface area contributed by atoms with E-state index >= 15 is 0 Å². The number of amides is 2. The van der Waals surface area contributed by atoms with E-state index in [0.717, 1.165) is 28.7 Å². The van der Waals surface area contributed by atoms with Crippen LogP contribution in [0, 0.1) is 5.41 Å². The molecule has 3 aromatic rings. The summed E-state index contributed by atoms with van der Waals surface area (Å²) in [6, 6.07) is 28.6. The third kappa shape index (κ3) is 4.75. The summed E-state index contributed by atoms with van der Waals surface area (Å²) in [4.78, 5) is 27.9. The summed E-state index contributed by atoms with van der Waals surface area (Å²) in [5, 5.41) is 2.87. The number of carbonyl (C=O) groups is 2. The van der Waals surface area contributed by atoms with E-state index in [9.17, 15) is 9.59 Å². The Morgan fingerprint density at radius 3 is 2.28 bits per heavy atom. The first-order valence-electron chi connectivity index (χ1n) is 11.3. The van der Waals surface area contributed by atoms with Crippen molar-refractivity contribution in [2.45, 2.75) is 25.7 Å². The summed E-state index contributed by atoms with van der Waals surface area (Å²) in [5.41, 5.74) is 3.98. The van der Waals surface area contributed by atoms with Crippen molar-refractivity contribution in [1.29, 1.82) is 0 Å². The lowest BCUT2D eigenvalue weighted by Crippen LogP contribution is -2.44. The molecule has 164 valence electrons. The van der Waals surface area contributed by atoms with Crippen molar-refractivity contribution >= 4 is 11.8 Å². The monoisotopic (exact) mass is 426 g/mol. The first-order valence-corrected chi connectivity index (χ1v) is 11.3. The fourth-order valence-electron chi connectivity index (χ4n) is 4.75. The van der Waals surface area contributed by atoms with Crippen LogP contribution in [0.15, 0.2) is 84.9 Å². The van der Waals surface area contributed by atoms with Crippen LogP contribution in [0.4, 0.5) is 0 Å². The first-order chi connectivity index (χ1) is 15.6. The lowest BCUT2D eigenvalue weighted by Gasteiger charge is -2.28. The van der Waals surface area contributed by atoms with Gasteiger partial charge in [-0.1, -0.05) is 84.9 Å². The number of aryl methyl sites for hydroxylation is 1. The molecule has 1 unspecified atom stereocenters. The van der Waals surface area contributed by atoms with Crippen molar-refractivity contribution in [3.8, 4) is 11.1 Å². The van der Waals surface area contributed by atoms with Gasteiger partial charge < -0.3 is 10.2 Å². The summed E-state index contributed by atoms with van der Waals surface area (Å²) in [6.45, 7) is 1.08. The summed E-state index contributed by atoms with van der Waals surface area (Å²) < 4.78 is 0. The molecule has 3 aromatic carbocycles. The molecule has 4 rings (SSSR count). The Morgan fingerprint density at radius 2 is 1.56 bits per heavy atom. The summed E-state index contributed by atoms with van der Waals surface area (Å²) in [6.07, 6.45) is 2.47. The molecule has 1 fully saturated rings. The molecule has 1 N–H and O–H groups in total. The summed E-state index contributed by atoms with van der Waals surface area (Å²) in [5.74, 6) is 0.134. The highest BCUT2D eigenvalue weighted by Gasteiger charge is 2.45. The molecule has 1 saturated heterocycles. The van der Waals surface area contributed by atoms with Crippen molar-refractivity contribution in [2.75, 3.05) is 20.1 Å². The van der Waals surface area contributed by atoms with Gasteiger partial charge in [0, 0.05) is 26.6 Å². The lowest BCUT2D eigenvalue weighted by molar-refractivity contribution is -0.133. The van der Waals surface area contributed by atoms with Crippen LogP contribution < -0.4 is 5.32 Å². The Morgan fingerprint density at radius 1 is 0.906 bits per heavy atom. The summed E-state index contributed by atoms with van der Waals surface area (Å²) >= 11 is 0. The zero-order valence-corrected chi connectivity index (χ0v) is 18.6. The van der Waals surface area contributed by atoms with Gasteiger partial charge in [0.25, 0.3) is 0 Å². The van der Waals surface area contributed by atoms with E-state index in [1.54, 1.807) is 7.05 Å². The number of hydrogen-bond donors (Lipinski definition) is 1. The van der Waals surface area contributed by atoms with Gasteiger partial charge >= 0.3 is 0 Å². The predicted octanol–water partition coefficient (Wildman–Crippen LogP) is 4.49. The smallest absolute Gasteiger partial charge is 0.228 e. The number of nitrogens with zero attached hydrogens (tertiary/aromatic N) is 1. The summed E-state index contributed by atoms with van der Waals surface area (Å²) in [7, 11) is 1.69. The molecule has 0 aromatic heterocycles. The Kier molecular flexibility index (Phi) is 6.69. The minimum absolute atomic E-state index is 0.0127. The second kappa shape index (κ2) is 9.82. The molecule has 1 aliphatic rings. The standard InChI is InChI=1S/C28H30N2O2/c1-29-27(32)28(20-24-14-8-9-15-25(24)23-12-6-3-7-13-23)18-19-30(21-28)26(31)17-16-22-10-4-2-5-11-22/h2-15H,16-21H2,1H3,(H,29,32). The average Bonchev–Trinajstić information content (AvgIpc) is 3.29. The number of benzene rings is 3. The van der Waals surface area contributed by atoms with Crippen LogP contribution in [0.2, 0.25) is 0 Å². The molecule has 0 spiro atoms. The molecule has 0 saturated carbocycles. The van der Waals surface area contributed by atoms with Gasteiger partial charge in [-0.25, -0.2) is 0 Å². The number of carbonyl (C=O) groups excluding carboxylic acids is 2. The van der Waals surface area contributed by atoms with Gasteiger partial charge in [0.2, 0.25) is 11.8 Å². The van der Waals surface area contributed by atoms with Crippen LogP contribution in [0.3, 0.4) is 0 Å². The zero-order chi connectivity index (χ0) is 22.4. The SMILES string of the molecule is CNC(=O)C1(Cc2ccccc2-c2ccccc2)CCN(C(=O)CCc2ccccc2)C1. The molecule has 2 amide bonds. The molecule has 32 heavy (non-hydrogen) atoms. The molecule has 4 heteroatoms. The van der Waals surface area contributed by atoms with E-state index in [0.29, 0.717) is 32.4 Å². The highest BCUT2D eigenvalue weighted by Crippen LogP contribution is 2.37. The van der Waals surface area contributed by atoms with Crippen LogP contribution in [0.1, 0.15) is 24.0 Å². The topological polar surface area (TPSA) is 49.4 Å². The second-order valence-electron chi connectivity index (χ2n) is 8.61. The van der Waals surface area contributed by atoms with Crippen molar-refractivity contribution in [1.82, 2.24) is 10.2 Å². The third-order valence-corrected chi connectivity index (χ3v) is 6.52. The van der Waals surface area contributed by atoms with Gasteiger partial charge in [0.1, 0.15) is 0 Å². The van der Waals surface area contributed by atoms with E-state index in [1.807, 2.05) is 65.6 Å². The predicted molar refractivity (Wildman–Crippen MR) is 128 cm³/mol. The Bertz CT molecular complexity index is 1070. The molecular formula is C28H30N2O2. The molecule has 1 aliphatic heterocycles. The largest absolute Gasteiger partial charge is 0.359 e. The lowest BCUT2D eigenvalue weighted by atomic mass is 9.78. The molecule has 1 atom stereocenters. The number of rotatable bonds is 7. The normalized spacial score (nSPS) is 17.8. The van der Waals surface area contributed by atoms with Crippen LogP contribution in [0.25, 0.3) is 11.1 Å². The maximum Gasteiger partial charge on any atom is 0.228 e. The van der Waals surface area contributed by atoms with Gasteiger partial charge in [-0.3, -0.25) is 9.59 Å². The highest BCUT2D eigenvalue weighted by molar-refractivity contribution is 5.86.